The second-order valence-corrected chi connectivity index (χ2v) is 6.82. The molecule has 4 nitrogen and oxygen atoms in total. The molecule has 0 radical (unpaired) electrons. The molecule has 0 N–H and O–H groups in total. The predicted molar refractivity (Wildman–Crippen MR) is 94.3 cm³/mol. The Morgan fingerprint density at radius 1 is 1.12 bits per heavy atom. The molecule has 24 heavy (non-hydrogen) atoms. The third-order valence-corrected chi connectivity index (χ3v) is 5.66. The van der Waals surface area contributed by atoms with Gasteiger partial charge in [-0.3, -0.25) is 0 Å². The lowest BCUT2D eigenvalue weighted by atomic mass is 10.0. The zero-order valence-corrected chi connectivity index (χ0v) is 14.2. The fourth-order valence-electron chi connectivity index (χ4n) is 3.15. The molecule has 0 saturated heterocycles. The van der Waals surface area contributed by atoms with E-state index in [0.717, 1.165) is 34.4 Å². The summed E-state index contributed by atoms with van der Waals surface area (Å²) in [5, 5.41) is 1.10. The van der Waals surface area contributed by atoms with Crippen molar-refractivity contribution in [3.8, 4) is 11.5 Å². The lowest BCUT2D eigenvalue weighted by molar-refractivity contribution is 0.398. The molecular formula is C19H16O4S. The first-order chi connectivity index (χ1) is 11.7. The van der Waals surface area contributed by atoms with Crippen molar-refractivity contribution in [2.24, 2.45) is 0 Å². The molecule has 1 aliphatic heterocycles. The number of para-hydroxylation sites is 1. The molecule has 122 valence electrons. The fraction of sp³-hybridized carbons (Fsp3) is 0.211. The van der Waals surface area contributed by atoms with Gasteiger partial charge in [-0.1, -0.05) is 18.2 Å². The van der Waals surface area contributed by atoms with Crippen LogP contribution in [0.4, 0.5) is 0 Å². The first-order valence-corrected chi connectivity index (χ1v) is 8.52. The van der Waals surface area contributed by atoms with Gasteiger partial charge in [0.05, 0.1) is 19.1 Å². The second kappa shape index (κ2) is 5.91. The third kappa shape index (κ3) is 2.36. The van der Waals surface area contributed by atoms with Crippen molar-refractivity contribution in [3.05, 3.63) is 64.0 Å². The zero-order valence-electron chi connectivity index (χ0n) is 13.4. The van der Waals surface area contributed by atoms with E-state index in [2.05, 4.69) is 0 Å². The van der Waals surface area contributed by atoms with Crippen LogP contribution < -0.4 is 15.1 Å². The van der Waals surface area contributed by atoms with Crippen LogP contribution >= 0.6 is 11.8 Å². The molecule has 2 heterocycles. The maximum Gasteiger partial charge on any atom is 0.350 e. The number of benzene rings is 2. The summed E-state index contributed by atoms with van der Waals surface area (Å²) in [4.78, 5) is 13.0. The Kier molecular flexibility index (Phi) is 3.73. The smallest absolute Gasteiger partial charge is 0.350 e. The van der Waals surface area contributed by atoms with Gasteiger partial charge in [0.25, 0.3) is 0 Å². The molecule has 1 aromatic heterocycles. The summed E-state index contributed by atoms with van der Waals surface area (Å²) in [6.07, 6.45) is 0.760. The van der Waals surface area contributed by atoms with E-state index in [0.29, 0.717) is 10.5 Å². The van der Waals surface area contributed by atoms with Gasteiger partial charge in [0, 0.05) is 16.2 Å². The van der Waals surface area contributed by atoms with E-state index in [1.54, 1.807) is 14.2 Å². The molecule has 0 amide bonds. The van der Waals surface area contributed by atoms with Gasteiger partial charge >= 0.3 is 5.63 Å². The van der Waals surface area contributed by atoms with Gasteiger partial charge in [0.15, 0.2) is 0 Å². The summed E-state index contributed by atoms with van der Waals surface area (Å²) in [6.45, 7) is 0. The Hall–Kier alpha value is -2.40. The average molecular weight is 340 g/mol. The maximum absolute atomic E-state index is 12.3. The van der Waals surface area contributed by atoms with E-state index < -0.39 is 0 Å². The first-order valence-electron chi connectivity index (χ1n) is 7.64. The molecule has 2 aromatic carbocycles. The number of hydrogen-bond acceptors (Lipinski definition) is 5. The van der Waals surface area contributed by atoms with E-state index in [-0.39, 0.29) is 10.9 Å². The zero-order chi connectivity index (χ0) is 16.7. The molecule has 1 atom stereocenters. The minimum absolute atomic E-state index is 0.0961. The van der Waals surface area contributed by atoms with Crippen molar-refractivity contribution in [2.75, 3.05) is 14.2 Å². The van der Waals surface area contributed by atoms with Crippen LogP contribution in [0.25, 0.3) is 11.0 Å². The summed E-state index contributed by atoms with van der Waals surface area (Å²) in [5.41, 5.74) is 2.46. The Morgan fingerprint density at radius 2 is 1.96 bits per heavy atom. The van der Waals surface area contributed by atoms with E-state index in [9.17, 15) is 4.79 Å². The quantitative estimate of drug-likeness (QED) is 0.669. The van der Waals surface area contributed by atoms with Crippen LogP contribution in [0, 0.1) is 0 Å². The molecule has 1 aliphatic rings. The number of rotatable bonds is 3. The van der Waals surface area contributed by atoms with Crippen LogP contribution in [0.5, 0.6) is 11.5 Å². The van der Waals surface area contributed by atoms with Crippen molar-refractivity contribution in [1.82, 2.24) is 0 Å². The van der Waals surface area contributed by atoms with Crippen LogP contribution in [-0.4, -0.2) is 14.2 Å². The highest BCUT2D eigenvalue weighted by Gasteiger charge is 2.31. The van der Waals surface area contributed by atoms with Crippen LogP contribution in [0.3, 0.4) is 0 Å². The fourth-order valence-corrected chi connectivity index (χ4v) is 4.47. The molecule has 0 spiro atoms. The normalized spacial score (nSPS) is 16.2. The van der Waals surface area contributed by atoms with E-state index in [4.69, 9.17) is 13.9 Å². The highest BCUT2D eigenvalue weighted by Crippen LogP contribution is 2.49. The maximum atomic E-state index is 12.3. The van der Waals surface area contributed by atoms with E-state index >= 15 is 0 Å². The van der Waals surface area contributed by atoms with Gasteiger partial charge < -0.3 is 13.9 Å². The first kappa shape index (κ1) is 15.1. The third-order valence-electron chi connectivity index (χ3n) is 4.31. The average Bonchev–Trinajstić information content (AvgIpc) is 3.07. The Balaban J connectivity index is 1.83. The van der Waals surface area contributed by atoms with Crippen LogP contribution in [0.2, 0.25) is 0 Å². The molecule has 0 fully saturated rings. The van der Waals surface area contributed by atoms with Crippen molar-refractivity contribution >= 4 is 22.7 Å². The van der Waals surface area contributed by atoms with Crippen molar-refractivity contribution in [3.63, 3.8) is 0 Å². The summed E-state index contributed by atoms with van der Waals surface area (Å²) in [6, 6.07) is 13.4. The van der Waals surface area contributed by atoms with Crippen LogP contribution in [-0.2, 0) is 6.42 Å². The van der Waals surface area contributed by atoms with Crippen LogP contribution in [0.1, 0.15) is 16.4 Å². The SMILES string of the molecule is COc1ccc(OC)c(C2Cc3c(c(=O)oc4ccccc34)S2)c1. The van der Waals surface area contributed by atoms with Crippen molar-refractivity contribution in [1.29, 1.82) is 0 Å². The number of thioether (sulfide) groups is 1. The van der Waals surface area contributed by atoms with Gasteiger partial charge in [-0.25, -0.2) is 4.79 Å². The number of hydrogen-bond donors (Lipinski definition) is 0. The highest BCUT2D eigenvalue weighted by molar-refractivity contribution is 7.99. The number of ether oxygens (including phenoxy) is 2. The van der Waals surface area contributed by atoms with Gasteiger partial charge in [-0.05, 0) is 36.2 Å². The summed E-state index contributed by atoms with van der Waals surface area (Å²) in [7, 11) is 3.30. The van der Waals surface area contributed by atoms with Crippen molar-refractivity contribution < 1.29 is 13.9 Å². The van der Waals surface area contributed by atoms with Gasteiger partial charge in [-0.2, -0.15) is 0 Å². The molecule has 0 saturated carbocycles. The van der Waals surface area contributed by atoms with Gasteiger partial charge in [-0.15, -0.1) is 11.8 Å². The predicted octanol–water partition coefficient (Wildman–Crippen LogP) is 4.20. The standard InChI is InChI=1S/C19H16O4S/c1-21-11-7-8-15(22-2)14(9-11)17-10-13-12-5-3-4-6-16(12)23-19(20)18(13)24-17/h3-9,17H,10H2,1-2H3. The molecule has 1 unspecified atom stereocenters. The van der Waals surface area contributed by atoms with Gasteiger partial charge in [0.2, 0.25) is 0 Å². The second-order valence-electron chi connectivity index (χ2n) is 5.61. The molecule has 4 rings (SSSR count). The largest absolute Gasteiger partial charge is 0.497 e. The van der Waals surface area contributed by atoms with Crippen LogP contribution in [0.15, 0.2) is 56.6 Å². The number of methoxy groups -OCH3 is 2. The molecule has 5 heteroatoms. The Bertz CT molecular complexity index is 977. The molecule has 3 aromatic rings. The van der Waals surface area contributed by atoms with Gasteiger partial charge in [0.1, 0.15) is 17.1 Å². The summed E-state index contributed by atoms with van der Waals surface area (Å²) >= 11 is 1.54. The number of fused-ring (bicyclic) bond motifs is 3. The molecular weight excluding hydrogens is 324 g/mol. The lowest BCUT2D eigenvalue weighted by Gasteiger charge is -2.15. The molecule has 0 aliphatic carbocycles. The van der Waals surface area contributed by atoms with E-state index in [1.807, 2.05) is 42.5 Å². The monoisotopic (exact) mass is 340 g/mol. The lowest BCUT2D eigenvalue weighted by Crippen LogP contribution is -2.02. The summed E-state index contributed by atoms with van der Waals surface area (Å²) in [5.74, 6) is 1.58. The Labute approximate surface area is 143 Å². The Morgan fingerprint density at radius 3 is 2.75 bits per heavy atom. The van der Waals surface area contributed by atoms with Crippen molar-refractivity contribution in [2.45, 2.75) is 16.6 Å². The minimum Gasteiger partial charge on any atom is -0.497 e. The summed E-state index contributed by atoms with van der Waals surface area (Å²) < 4.78 is 16.3. The molecule has 0 bridgehead atoms. The minimum atomic E-state index is -0.266. The van der Waals surface area contributed by atoms with E-state index in [1.165, 1.54) is 11.8 Å². The topological polar surface area (TPSA) is 48.7 Å². The highest BCUT2D eigenvalue weighted by atomic mass is 32.2.